The molecule has 7 nitrogen and oxygen atoms in total. The van der Waals surface area contributed by atoms with Gasteiger partial charge in [-0.15, -0.1) is 0 Å². The number of anilines is 2. The number of rotatable bonds is 5. The van der Waals surface area contributed by atoms with Crippen molar-refractivity contribution in [3.63, 3.8) is 0 Å². The Balaban J connectivity index is 1.58. The molecule has 0 saturated carbocycles. The van der Waals surface area contributed by atoms with E-state index in [9.17, 15) is 9.18 Å². The van der Waals surface area contributed by atoms with E-state index < -0.39 is 17.7 Å². The van der Waals surface area contributed by atoms with Crippen molar-refractivity contribution < 1.29 is 18.3 Å². The second-order valence-electron chi connectivity index (χ2n) is 9.44. The van der Waals surface area contributed by atoms with Gasteiger partial charge in [-0.25, -0.2) is 9.37 Å². The van der Waals surface area contributed by atoms with E-state index in [0.717, 1.165) is 24.3 Å². The Morgan fingerprint density at radius 1 is 1.08 bits per heavy atom. The highest BCUT2D eigenvalue weighted by Crippen LogP contribution is 2.36. The van der Waals surface area contributed by atoms with Gasteiger partial charge in [-0.2, -0.15) is 4.39 Å². The van der Waals surface area contributed by atoms with E-state index in [1.54, 1.807) is 12.1 Å². The number of nitrogens with zero attached hydrogens (tertiary/aromatic N) is 3. The molecule has 0 bridgehead atoms. The Morgan fingerprint density at radius 2 is 1.86 bits per heavy atom. The fraction of sp³-hybridized carbons (Fsp3) is 0.333. The van der Waals surface area contributed by atoms with E-state index in [1.165, 1.54) is 6.07 Å². The number of fused-ring (bicyclic) bond motifs is 1. The molecule has 1 fully saturated rings. The number of ether oxygens (including phenoxy) is 1. The number of carbonyl (C=O) groups is 1. The van der Waals surface area contributed by atoms with Crippen LogP contribution in [0.25, 0.3) is 22.3 Å². The number of nitrogens with one attached hydrogen (secondary N) is 1. The molecule has 2 aliphatic rings. The summed E-state index contributed by atoms with van der Waals surface area (Å²) in [7, 11) is 3.98. The number of carbonyl (C=O) groups excluding carboxylic acids is 1. The van der Waals surface area contributed by atoms with E-state index >= 15 is 4.39 Å². The highest BCUT2D eigenvalue weighted by Gasteiger charge is 2.24. The van der Waals surface area contributed by atoms with Gasteiger partial charge in [0.05, 0.1) is 18.8 Å². The van der Waals surface area contributed by atoms with E-state index in [4.69, 9.17) is 10.5 Å². The van der Waals surface area contributed by atoms with Crippen LogP contribution in [0.1, 0.15) is 21.5 Å². The highest BCUT2D eigenvalue weighted by molar-refractivity contribution is 5.98. The number of aromatic nitrogens is 1. The molecule has 0 unspecified atom stereocenters. The van der Waals surface area contributed by atoms with Gasteiger partial charge < -0.3 is 25.6 Å². The number of pyridine rings is 1. The van der Waals surface area contributed by atoms with Crippen LogP contribution in [0.15, 0.2) is 36.4 Å². The predicted octanol–water partition coefficient (Wildman–Crippen LogP) is 3.46. The second-order valence-corrected chi connectivity index (χ2v) is 9.44. The summed E-state index contributed by atoms with van der Waals surface area (Å²) in [6, 6.07) is 10.5. The molecule has 3 aromatic rings. The van der Waals surface area contributed by atoms with Gasteiger partial charge in [-0.1, -0.05) is 6.07 Å². The Morgan fingerprint density at radius 3 is 2.61 bits per heavy atom. The van der Waals surface area contributed by atoms with Crippen molar-refractivity contribution in [1.29, 1.82) is 0 Å². The zero-order valence-electron chi connectivity index (χ0n) is 20.4. The molecule has 1 saturated heterocycles. The first-order valence-corrected chi connectivity index (χ1v) is 12.0. The molecule has 188 valence electrons. The van der Waals surface area contributed by atoms with Gasteiger partial charge in [0, 0.05) is 43.0 Å². The third kappa shape index (κ3) is 4.64. The average Bonchev–Trinajstić information content (AvgIpc) is 2.84. The first-order valence-electron chi connectivity index (χ1n) is 12.0. The SMILES string of the molecule is CN(C)Cc1cc(-c2cc(-c3cc(F)c4c(c3)CCNC4=O)c(N)nc2F)ccc1N1CCOCC1. The van der Waals surface area contributed by atoms with Crippen LogP contribution < -0.4 is 16.0 Å². The van der Waals surface area contributed by atoms with E-state index in [-0.39, 0.29) is 16.9 Å². The van der Waals surface area contributed by atoms with E-state index in [2.05, 4.69) is 20.1 Å². The van der Waals surface area contributed by atoms with Crippen LogP contribution in [0.2, 0.25) is 0 Å². The molecule has 36 heavy (non-hydrogen) atoms. The first-order chi connectivity index (χ1) is 17.3. The normalized spacial score (nSPS) is 15.7. The molecule has 2 aliphatic heterocycles. The van der Waals surface area contributed by atoms with Crippen molar-refractivity contribution >= 4 is 17.4 Å². The number of hydrogen-bond donors (Lipinski definition) is 2. The lowest BCUT2D eigenvalue weighted by Gasteiger charge is -2.31. The third-order valence-electron chi connectivity index (χ3n) is 6.62. The molecular formula is C27H29F2N5O2. The van der Waals surface area contributed by atoms with Gasteiger partial charge >= 0.3 is 0 Å². The fourth-order valence-electron chi connectivity index (χ4n) is 4.94. The molecule has 0 aliphatic carbocycles. The smallest absolute Gasteiger partial charge is 0.254 e. The summed E-state index contributed by atoms with van der Waals surface area (Å²) in [6.07, 6.45) is 0.504. The van der Waals surface area contributed by atoms with Crippen LogP contribution >= 0.6 is 0 Å². The van der Waals surface area contributed by atoms with Crippen molar-refractivity contribution in [3.8, 4) is 22.3 Å². The van der Waals surface area contributed by atoms with Crippen molar-refractivity contribution in [2.75, 3.05) is 57.6 Å². The highest BCUT2D eigenvalue weighted by atomic mass is 19.1. The molecule has 0 radical (unpaired) electrons. The molecule has 3 heterocycles. The van der Waals surface area contributed by atoms with Crippen molar-refractivity contribution in [3.05, 3.63) is 64.9 Å². The summed E-state index contributed by atoms with van der Waals surface area (Å²) in [4.78, 5) is 20.4. The molecule has 9 heteroatoms. The third-order valence-corrected chi connectivity index (χ3v) is 6.62. The Bertz CT molecular complexity index is 1320. The number of hydrogen-bond acceptors (Lipinski definition) is 6. The number of amides is 1. The molecular weight excluding hydrogens is 464 g/mol. The van der Waals surface area contributed by atoms with Gasteiger partial charge in [-0.3, -0.25) is 4.79 Å². The number of halogens is 2. The average molecular weight is 494 g/mol. The lowest BCUT2D eigenvalue weighted by Crippen LogP contribution is -2.37. The van der Waals surface area contributed by atoms with Gasteiger partial charge in [0.2, 0.25) is 5.95 Å². The maximum atomic E-state index is 15.1. The van der Waals surface area contributed by atoms with Crippen LogP contribution in [0.5, 0.6) is 0 Å². The monoisotopic (exact) mass is 493 g/mol. The zero-order valence-corrected chi connectivity index (χ0v) is 20.4. The molecule has 5 rings (SSSR count). The lowest BCUT2D eigenvalue weighted by molar-refractivity contribution is 0.0941. The molecule has 1 amide bonds. The number of nitrogen functional groups attached to an aromatic ring is 1. The van der Waals surface area contributed by atoms with Crippen LogP contribution in [-0.4, -0.2) is 62.7 Å². The first kappa shape index (κ1) is 24.1. The molecule has 0 atom stereocenters. The summed E-state index contributed by atoms with van der Waals surface area (Å²) >= 11 is 0. The maximum Gasteiger partial charge on any atom is 0.254 e. The number of benzene rings is 2. The van der Waals surface area contributed by atoms with Gasteiger partial charge in [0.1, 0.15) is 11.6 Å². The number of morpholine rings is 1. The molecule has 0 spiro atoms. The maximum absolute atomic E-state index is 15.1. The Labute approximate surface area is 208 Å². The topological polar surface area (TPSA) is 83.7 Å². The van der Waals surface area contributed by atoms with Crippen LogP contribution in [0, 0.1) is 11.8 Å². The minimum absolute atomic E-state index is 0.0330. The van der Waals surface area contributed by atoms with Crippen molar-refractivity contribution in [1.82, 2.24) is 15.2 Å². The predicted molar refractivity (Wildman–Crippen MR) is 136 cm³/mol. The summed E-state index contributed by atoms with van der Waals surface area (Å²) in [5.41, 5.74) is 10.7. The fourth-order valence-corrected chi connectivity index (χ4v) is 4.94. The number of nitrogens with two attached hydrogens (primary N) is 1. The molecule has 2 aromatic carbocycles. The van der Waals surface area contributed by atoms with E-state index in [1.807, 2.05) is 32.3 Å². The quantitative estimate of drug-likeness (QED) is 0.530. The summed E-state index contributed by atoms with van der Waals surface area (Å²) in [5, 5.41) is 2.66. The van der Waals surface area contributed by atoms with E-state index in [0.29, 0.717) is 55.0 Å². The lowest BCUT2D eigenvalue weighted by atomic mass is 9.93. The van der Waals surface area contributed by atoms with Gasteiger partial charge in [0.25, 0.3) is 5.91 Å². The second kappa shape index (κ2) is 9.83. The standard InChI is InChI=1S/C27H29F2N5O2/c1-33(2)15-19-11-16(3-4-23(19)34-7-9-36-10-8-34)20-14-21(26(30)32-25(20)29)18-12-17-5-6-31-27(35)24(17)22(28)13-18/h3-4,11-14H,5-10,15H2,1-2H3,(H2,30,32)(H,31,35). The summed E-state index contributed by atoms with van der Waals surface area (Å²) < 4.78 is 35.5. The van der Waals surface area contributed by atoms with Crippen molar-refractivity contribution in [2.24, 2.45) is 0 Å². The Hall–Kier alpha value is -3.56. The summed E-state index contributed by atoms with van der Waals surface area (Å²) in [5.74, 6) is -1.79. The van der Waals surface area contributed by atoms with Crippen LogP contribution in [0.3, 0.4) is 0 Å². The van der Waals surface area contributed by atoms with Crippen LogP contribution in [-0.2, 0) is 17.7 Å². The zero-order chi connectivity index (χ0) is 25.4. The minimum atomic E-state index is -0.691. The largest absolute Gasteiger partial charge is 0.383 e. The van der Waals surface area contributed by atoms with Gasteiger partial charge in [0.15, 0.2) is 0 Å². The molecule has 3 N–H and O–H groups in total. The van der Waals surface area contributed by atoms with Crippen molar-refractivity contribution in [2.45, 2.75) is 13.0 Å². The Kier molecular flexibility index (Phi) is 6.59. The minimum Gasteiger partial charge on any atom is -0.383 e. The van der Waals surface area contributed by atoms with Gasteiger partial charge in [-0.05, 0) is 73.1 Å². The summed E-state index contributed by atoms with van der Waals surface area (Å²) in [6.45, 7) is 4.04. The molecule has 1 aromatic heterocycles. The van der Waals surface area contributed by atoms with Crippen LogP contribution in [0.4, 0.5) is 20.3 Å².